The third-order valence-corrected chi connectivity index (χ3v) is 4.29. The van der Waals surface area contributed by atoms with Crippen LogP contribution in [-0.2, 0) is 27.3 Å². The van der Waals surface area contributed by atoms with Crippen LogP contribution in [0.4, 0.5) is 4.79 Å². The zero-order chi connectivity index (χ0) is 21.9. The van der Waals surface area contributed by atoms with Crippen LogP contribution in [0.25, 0.3) is 0 Å². The van der Waals surface area contributed by atoms with Crippen LogP contribution >= 0.6 is 0 Å². The number of methoxy groups -OCH3 is 2. The standard InChI is InChI=1S/C22H26N2O6/c1-15(21(26)24-22(27)23-14-16-8-5-4-6-9-16)30-19(25)13-12-17-10-7-11-18(28-2)20(17)29-3/h4-11,15H,12-14H2,1-3H3,(H2,23,24,26,27)/t15-/m1/s1. The lowest BCUT2D eigenvalue weighted by Crippen LogP contribution is -2.44. The van der Waals surface area contributed by atoms with Crippen LogP contribution in [0.3, 0.4) is 0 Å². The lowest BCUT2D eigenvalue weighted by atomic mass is 10.1. The fourth-order valence-electron chi connectivity index (χ4n) is 2.73. The average molecular weight is 414 g/mol. The molecule has 160 valence electrons. The number of carbonyl (C=O) groups excluding carboxylic acids is 3. The molecule has 0 saturated heterocycles. The Morgan fingerprint density at radius 3 is 2.37 bits per heavy atom. The first-order valence-corrected chi connectivity index (χ1v) is 9.46. The molecule has 0 fully saturated rings. The maximum absolute atomic E-state index is 12.1. The first-order valence-electron chi connectivity index (χ1n) is 9.46. The van der Waals surface area contributed by atoms with Crippen LogP contribution in [0, 0.1) is 0 Å². The van der Waals surface area contributed by atoms with Gasteiger partial charge in [-0.25, -0.2) is 4.79 Å². The summed E-state index contributed by atoms with van der Waals surface area (Å²) in [5.41, 5.74) is 1.68. The minimum Gasteiger partial charge on any atom is -0.493 e. The molecule has 0 aliphatic carbocycles. The summed E-state index contributed by atoms with van der Waals surface area (Å²) in [6.07, 6.45) is -0.709. The van der Waals surface area contributed by atoms with Gasteiger partial charge in [-0.3, -0.25) is 14.9 Å². The molecule has 8 nitrogen and oxygen atoms in total. The highest BCUT2D eigenvalue weighted by molar-refractivity contribution is 5.97. The van der Waals surface area contributed by atoms with Crippen LogP contribution in [0.2, 0.25) is 0 Å². The molecular formula is C22H26N2O6. The summed E-state index contributed by atoms with van der Waals surface area (Å²) >= 11 is 0. The Hall–Kier alpha value is -3.55. The largest absolute Gasteiger partial charge is 0.493 e. The molecule has 0 aliphatic rings. The van der Waals surface area contributed by atoms with Gasteiger partial charge in [0.15, 0.2) is 17.6 Å². The van der Waals surface area contributed by atoms with E-state index in [1.165, 1.54) is 21.1 Å². The van der Waals surface area contributed by atoms with Crippen LogP contribution < -0.4 is 20.1 Å². The Morgan fingerprint density at radius 1 is 0.967 bits per heavy atom. The second kappa shape index (κ2) is 11.5. The fourth-order valence-corrected chi connectivity index (χ4v) is 2.73. The number of imide groups is 1. The first kappa shape index (κ1) is 22.7. The molecule has 0 bridgehead atoms. The second-order valence-corrected chi connectivity index (χ2v) is 6.44. The summed E-state index contributed by atoms with van der Waals surface area (Å²) in [4.78, 5) is 36.0. The minimum atomic E-state index is -1.10. The van der Waals surface area contributed by atoms with E-state index in [4.69, 9.17) is 14.2 Å². The number of carbonyl (C=O) groups is 3. The first-order chi connectivity index (χ1) is 14.4. The van der Waals surface area contributed by atoms with Gasteiger partial charge in [-0.15, -0.1) is 0 Å². The quantitative estimate of drug-likeness (QED) is 0.612. The van der Waals surface area contributed by atoms with E-state index in [1.54, 1.807) is 12.1 Å². The molecule has 8 heteroatoms. The van der Waals surface area contributed by atoms with Crippen molar-refractivity contribution in [2.45, 2.75) is 32.4 Å². The van der Waals surface area contributed by atoms with Crippen molar-refractivity contribution in [2.75, 3.05) is 14.2 Å². The van der Waals surface area contributed by atoms with Gasteiger partial charge in [0.25, 0.3) is 5.91 Å². The van der Waals surface area contributed by atoms with E-state index < -0.39 is 24.0 Å². The normalized spacial score (nSPS) is 11.2. The molecule has 0 unspecified atom stereocenters. The van der Waals surface area contributed by atoms with Crippen molar-refractivity contribution in [3.05, 3.63) is 59.7 Å². The number of amides is 3. The molecule has 2 N–H and O–H groups in total. The lowest BCUT2D eigenvalue weighted by Gasteiger charge is -2.14. The average Bonchev–Trinajstić information content (AvgIpc) is 2.76. The van der Waals surface area contributed by atoms with Crippen LogP contribution in [0.5, 0.6) is 11.5 Å². The Kier molecular flexibility index (Phi) is 8.68. The van der Waals surface area contributed by atoms with Gasteiger partial charge >= 0.3 is 12.0 Å². The maximum Gasteiger partial charge on any atom is 0.321 e. The van der Waals surface area contributed by atoms with E-state index in [9.17, 15) is 14.4 Å². The van der Waals surface area contributed by atoms with Crippen LogP contribution in [0.1, 0.15) is 24.5 Å². The molecule has 1 atom stereocenters. The highest BCUT2D eigenvalue weighted by atomic mass is 16.5. The molecule has 30 heavy (non-hydrogen) atoms. The summed E-state index contributed by atoms with van der Waals surface area (Å²) in [6.45, 7) is 1.68. The van der Waals surface area contributed by atoms with Gasteiger partial charge in [-0.2, -0.15) is 0 Å². The summed E-state index contributed by atoms with van der Waals surface area (Å²) in [6, 6.07) is 14.0. The summed E-state index contributed by atoms with van der Waals surface area (Å²) in [7, 11) is 3.06. The smallest absolute Gasteiger partial charge is 0.321 e. The van der Waals surface area contributed by atoms with Gasteiger partial charge in [-0.1, -0.05) is 42.5 Å². The molecular weight excluding hydrogens is 388 g/mol. The molecule has 0 spiro atoms. The lowest BCUT2D eigenvalue weighted by molar-refractivity contribution is -0.154. The number of urea groups is 1. The number of rotatable bonds is 9. The van der Waals surface area contributed by atoms with Crippen molar-refractivity contribution in [3.8, 4) is 11.5 Å². The van der Waals surface area contributed by atoms with Gasteiger partial charge < -0.3 is 19.5 Å². The van der Waals surface area contributed by atoms with Gasteiger partial charge in [0.2, 0.25) is 0 Å². The van der Waals surface area contributed by atoms with E-state index in [0.717, 1.165) is 11.1 Å². The number of ether oxygens (including phenoxy) is 3. The molecule has 0 heterocycles. The van der Waals surface area contributed by atoms with Crippen molar-refractivity contribution >= 4 is 17.9 Å². The molecule has 3 amide bonds. The fraction of sp³-hybridized carbons (Fsp3) is 0.318. The zero-order valence-electron chi connectivity index (χ0n) is 17.3. The van der Waals surface area contributed by atoms with Crippen molar-refractivity contribution in [1.82, 2.24) is 10.6 Å². The maximum atomic E-state index is 12.1. The van der Waals surface area contributed by atoms with E-state index >= 15 is 0 Å². The van der Waals surface area contributed by atoms with Crippen molar-refractivity contribution < 1.29 is 28.6 Å². The Balaban J connectivity index is 1.78. The molecule has 2 aromatic rings. The predicted molar refractivity (Wildman–Crippen MR) is 110 cm³/mol. The van der Waals surface area contributed by atoms with Crippen molar-refractivity contribution in [1.29, 1.82) is 0 Å². The zero-order valence-corrected chi connectivity index (χ0v) is 17.3. The number of benzene rings is 2. The van der Waals surface area contributed by atoms with Gasteiger partial charge in [0.1, 0.15) is 0 Å². The van der Waals surface area contributed by atoms with Crippen LogP contribution in [0.15, 0.2) is 48.5 Å². The third kappa shape index (κ3) is 6.80. The Labute approximate surface area is 175 Å². The highest BCUT2D eigenvalue weighted by Crippen LogP contribution is 2.31. The molecule has 0 aliphatic heterocycles. The topological polar surface area (TPSA) is 103 Å². The number of esters is 1. The molecule has 0 saturated carbocycles. The van der Waals surface area contributed by atoms with E-state index in [0.29, 0.717) is 17.9 Å². The van der Waals surface area contributed by atoms with Gasteiger partial charge in [-0.05, 0) is 30.5 Å². The molecule has 0 aromatic heterocycles. The summed E-state index contributed by atoms with van der Waals surface area (Å²) in [5.74, 6) is -0.147. The SMILES string of the molecule is COc1cccc(CCC(=O)O[C@H](C)C(=O)NC(=O)NCc2ccccc2)c1OC. The Morgan fingerprint density at radius 2 is 1.70 bits per heavy atom. The number of hydrogen-bond acceptors (Lipinski definition) is 6. The van der Waals surface area contributed by atoms with Gasteiger partial charge in [0, 0.05) is 13.0 Å². The van der Waals surface area contributed by atoms with E-state index in [-0.39, 0.29) is 13.0 Å². The predicted octanol–water partition coefficient (Wildman–Crippen LogP) is 2.59. The molecule has 2 aromatic carbocycles. The minimum absolute atomic E-state index is 0.0430. The van der Waals surface area contributed by atoms with Crippen molar-refractivity contribution in [2.24, 2.45) is 0 Å². The second-order valence-electron chi connectivity index (χ2n) is 6.44. The van der Waals surface area contributed by atoms with E-state index in [2.05, 4.69) is 10.6 Å². The number of nitrogens with one attached hydrogen (secondary N) is 2. The third-order valence-electron chi connectivity index (χ3n) is 4.29. The van der Waals surface area contributed by atoms with E-state index in [1.807, 2.05) is 36.4 Å². The summed E-state index contributed by atoms with van der Waals surface area (Å²) in [5, 5.41) is 4.73. The number of hydrogen-bond donors (Lipinski definition) is 2. The number of para-hydroxylation sites is 1. The molecule has 0 radical (unpaired) electrons. The highest BCUT2D eigenvalue weighted by Gasteiger charge is 2.20. The molecule has 2 rings (SSSR count). The summed E-state index contributed by atoms with van der Waals surface area (Å²) < 4.78 is 15.7. The Bertz CT molecular complexity index is 869. The van der Waals surface area contributed by atoms with Crippen LogP contribution in [-0.4, -0.2) is 38.2 Å². The monoisotopic (exact) mass is 414 g/mol. The van der Waals surface area contributed by atoms with Gasteiger partial charge in [0.05, 0.1) is 14.2 Å². The van der Waals surface area contributed by atoms with Crippen molar-refractivity contribution in [3.63, 3.8) is 0 Å². The number of aryl methyl sites for hydroxylation is 1.